The number of aromatic hydroxyl groups is 1. The van der Waals surface area contributed by atoms with Crippen LogP contribution in [-0.2, 0) is 0 Å². The fraction of sp³-hybridized carbons (Fsp3) is 0. The van der Waals surface area contributed by atoms with Gasteiger partial charge in [-0.1, -0.05) is 23.2 Å². The summed E-state index contributed by atoms with van der Waals surface area (Å²) in [6.45, 7) is 0. The number of hydrogen-bond acceptors (Lipinski definition) is 2. The standard InChI is InChI=1S/C10H6Cl2OS/c11-7-3-4-14-10(7)6-1-2-9(13)8(12)5-6/h1-5,13H. The molecule has 0 aliphatic rings. The van der Waals surface area contributed by atoms with Gasteiger partial charge in [0, 0.05) is 0 Å². The average molecular weight is 245 g/mol. The maximum Gasteiger partial charge on any atom is 0.134 e. The van der Waals surface area contributed by atoms with Gasteiger partial charge in [0.1, 0.15) is 5.75 Å². The first-order valence-electron chi connectivity index (χ1n) is 3.90. The predicted octanol–water partition coefficient (Wildman–Crippen LogP) is 4.43. The van der Waals surface area contributed by atoms with Gasteiger partial charge < -0.3 is 5.11 Å². The molecule has 0 aliphatic carbocycles. The van der Waals surface area contributed by atoms with Crippen molar-refractivity contribution in [3.63, 3.8) is 0 Å². The molecule has 14 heavy (non-hydrogen) atoms. The second kappa shape index (κ2) is 3.81. The molecule has 1 N–H and O–H groups in total. The van der Waals surface area contributed by atoms with Crippen LogP contribution in [0, 0.1) is 0 Å². The molecule has 0 fully saturated rings. The zero-order valence-corrected chi connectivity index (χ0v) is 9.33. The summed E-state index contributed by atoms with van der Waals surface area (Å²) in [6, 6.07) is 6.89. The van der Waals surface area contributed by atoms with Crippen LogP contribution in [0.25, 0.3) is 10.4 Å². The molecule has 0 saturated heterocycles. The van der Waals surface area contributed by atoms with E-state index in [4.69, 9.17) is 23.2 Å². The summed E-state index contributed by atoms with van der Waals surface area (Å²) in [5.41, 5.74) is 0.924. The Kier molecular flexibility index (Phi) is 2.68. The van der Waals surface area contributed by atoms with Gasteiger partial charge in [0.15, 0.2) is 0 Å². The van der Waals surface area contributed by atoms with E-state index in [9.17, 15) is 5.11 Å². The second-order valence-corrected chi connectivity index (χ2v) is 4.49. The van der Waals surface area contributed by atoms with Crippen molar-refractivity contribution in [3.8, 4) is 16.2 Å². The Labute approximate surface area is 95.5 Å². The van der Waals surface area contributed by atoms with Gasteiger partial charge in [0.05, 0.1) is 14.9 Å². The molecule has 0 spiro atoms. The molecule has 0 radical (unpaired) electrons. The average Bonchev–Trinajstić information content (AvgIpc) is 2.57. The molecule has 0 aliphatic heterocycles. The van der Waals surface area contributed by atoms with Crippen molar-refractivity contribution in [1.82, 2.24) is 0 Å². The lowest BCUT2D eigenvalue weighted by Gasteiger charge is -2.01. The Morgan fingerprint density at radius 1 is 1.07 bits per heavy atom. The molecular formula is C10H6Cl2OS. The Morgan fingerprint density at radius 2 is 1.86 bits per heavy atom. The van der Waals surface area contributed by atoms with Crippen LogP contribution in [0.1, 0.15) is 0 Å². The van der Waals surface area contributed by atoms with Gasteiger partial charge in [-0.05, 0) is 35.2 Å². The lowest BCUT2D eigenvalue weighted by molar-refractivity contribution is 0.475. The van der Waals surface area contributed by atoms with Crippen molar-refractivity contribution >= 4 is 34.5 Å². The molecule has 0 atom stereocenters. The van der Waals surface area contributed by atoms with E-state index in [0.717, 1.165) is 10.4 Å². The molecule has 72 valence electrons. The fourth-order valence-electron chi connectivity index (χ4n) is 1.15. The Balaban J connectivity index is 2.53. The van der Waals surface area contributed by atoms with E-state index in [1.807, 2.05) is 11.4 Å². The summed E-state index contributed by atoms with van der Waals surface area (Å²) in [6.07, 6.45) is 0. The molecule has 1 aromatic carbocycles. The number of benzene rings is 1. The summed E-state index contributed by atoms with van der Waals surface area (Å²) in [4.78, 5) is 0.966. The highest BCUT2D eigenvalue weighted by Crippen LogP contribution is 2.36. The summed E-state index contributed by atoms with van der Waals surface area (Å²) in [7, 11) is 0. The molecule has 1 nitrogen and oxygen atoms in total. The van der Waals surface area contributed by atoms with Crippen LogP contribution in [0.15, 0.2) is 29.6 Å². The van der Waals surface area contributed by atoms with Gasteiger partial charge in [-0.3, -0.25) is 0 Å². The lowest BCUT2D eigenvalue weighted by atomic mass is 10.2. The summed E-state index contributed by atoms with van der Waals surface area (Å²) in [5, 5.41) is 12.2. The molecular weight excluding hydrogens is 239 g/mol. The van der Waals surface area contributed by atoms with Crippen molar-refractivity contribution in [1.29, 1.82) is 0 Å². The Morgan fingerprint density at radius 3 is 2.43 bits per heavy atom. The molecule has 0 bridgehead atoms. The van der Waals surface area contributed by atoms with E-state index in [-0.39, 0.29) is 5.75 Å². The monoisotopic (exact) mass is 244 g/mol. The van der Waals surface area contributed by atoms with Crippen LogP contribution < -0.4 is 0 Å². The third-order valence-electron chi connectivity index (χ3n) is 1.83. The Hall–Kier alpha value is -0.700. The van der Waals surface area contributed by atoms with E-state index >= 15 is 0 Å². The first kappa shape index (κ1) is 9.84. The molecule has 0 saturated carbocycles. The largest absolute Gasteiger partial charge is 0.506 e. The highest BCUT2D eigenvalue weighted by Gasteiger charge is 2.06. The van der Waals surface area contributed by atoms with E-state index in [1.165, 1.54) is 0 Å². The maximum absolute atomic E-state index is 9.25. The smallest absolute Gasteiger partial charge is 0.134 e. The molecule has 2 rings (SSSR count). The van der Waals surface area contributed by atoms with Crippen molar-refractivity contribution < 1.29 is 5.11 Å². The molecule has 2 aromatic rings. The normalized spacial score (nSPS) is 10.4. The van der Waals surface area contributed by atoms with Crippen LogP contribution in [0.5, 0.6) is 5.75 Å². The minimum absolute atomic E-state index is 0.0862. The molecule has 1 heterocycles. The first-order valence-corrected chi connectivity index (χ1v) is 5.54. The number of thiophene rings is 1. The Bertz CT molecular complexity index is 465. The molecule has 0 amide bonds. The quantitative estimate of drug-likeness (QED) is 0.788. The van der Waals surface area contributed by atoms with Gasteiger partial charge >= 0.3 is 0 Å². The number of halogens is 2. The third-order valence-corrected chi connectivity index (χ3v) is 3.52. The molecule has 0 unspecified atom stereocenters. The van der Waals surface area contributed by atoms with Gasteiger partial charge in [-0.2, -0.15) is 0 Å². The van der Waals surface area contributed by atoms with Crippen molar-refractivity contribution in [2.24, 2.45) is 0 Å². The third kappa shape index (κ3) is 1.73. The van der Waals surface area contributed by atoms with Crippen LogP contribution in [0.2, 0.25) is 10.0 Å². The van der Waals surface area contributed by atoms with Gasteiger partial charge in [0.25, 0.3) is 0 Å². The van der Waals surface area contributed by atoms with Gasteiger partial charge in [-0.25, -0.2) is 0 Å². The van der Waals surface area contributed by atoms with Crippen LogP contribution in [0.3, 0.4) is 0 Å². The van der Waals surface area contributed by atoms with Crippen LogP contribution in [-0.4, -0.2) is 5.11 Å². The number of rotatable bonds is 1. The van der Waals surface area contributed by atoms with Crippen molar-refractivity contribution in [3.05, 3.63) is 39.7 Å². The highest BCUT2D eigenvalue weighted by molar-refractivity contribution is 7.14. The van der Waals surface area contributed by atoms with Crippen LogP contribution in [0.4, 0.5) is 0 Å². The molecule has 1 aromatic heterocycles. The predicted molar refractivity (Wildman–Crippen MR) is 61.4 cm³/mol. The maximum atomic E-state index is 9.25. The highest BCUT2D eigenvalue weighted by atomic mass is 35.5. The van der Waals surface area contributed by atoms with Crippen molar-refractivity contribution in [2.75, 3.05) is 0 Å². The zero-order chi connectivity index (χ0) is 10.1. The van der Waals surface area contributed by atoms with Gasteiger partial charge in [-0.15, -0.1) is 11.3 Å². The second-order valence-electron chi connectivity index (χ2n) is 2.76. The number of hydrogen-bond donors (Lipinski definition) is 1. The number of phenols is 1. The first-order chi connectivity index (χ1) is 6.68. The van der Waals surface area contributed by atoms with E-state index in [1.54, 1.807) is 29.5 Å². The van der Waals surface area contributed by atoms with Crippen molar-refractivity contribution in [2.45, 2.75) is 0 Å². The summed E-state index contributed by atoms with van der Waals surface area (Å²) < 4.78 is 0. The minimum Gasteiger partial charge on any atom is -0.506 e. The fourth-order valence-corrected chi connectivity index (χ4v) is 2.49. The van der Waals surface area contributed by atoms with E-state index in [2.05, 4.69) is 0 Å². The molecule has 4 heteroatoms. The minimum atomic E-state index is 0.0862. The SMILES string of the molecule is Oc1ccc(-c2sccc2Cl)cc1Cl. The lowest BCUT2D eigenvalue weighted by Crippen LogP contribution is -1.74. The van der Waals surface area contributed by atoms with E-state index < -0.39 is 0 Å². The zero-order valence-electron chi connectivity index (χ0n) is 7.00. The summed E-state index contributed by atoms with van der Waals surface area (Å²) >= 11 is 13.3. The van der Waals surface area contributed by atoms with Gasteiger partial charge in [0.2, 0.25) is 0 Å². The topological polar surface area (TPSA) is 20.2 Å². The van der Waals surface area contributed by atoms with E-state index in [0.29, 0.717) is 10.0 Å². The number of phenolic OH excluding ortho intramolecular Hbond substituents is 1. The van der Waals surface area contributed by atoms with Crippen LogP contribution >= 0.6 is 34.5 Å². The summed E-state index contributed by atoms with van der Waals surface area (Å²) in [5.74, 6) is 0.0862.